The Labute approximate surface area is 97.5 Å². The maximum atomic E-state index is 10.1. The molecule has 0 atom stereocenters. The highest BCUT2D eigenvalue weighted by molar-refractivity contribution is 5.80. The van der Waals surface area contributed by atoms with Gasteiger partial charge >= 0.3 is 0 Å². The number of anilines is 1. The maximum Gasteiger partial charge on any atom is 0.230 e. The summed E-state index contributed by atoms with van der Waals surface area (Å²) in [7, 11) is 2.93. The van der Waals surface area contributed by atoms with E-state index in [4.69, 9.17) is 19.7 Å². The number of aromatic hydroxyl groups is 1. The first-order valence-corrected chi connectivity index (χ1v) is 4.83. The van der Waals surface area contributed by atoms with Crippen molar-refractivity contribution in [2.24, 2.45) is 0 Å². The number of phenols is 1. The molecule has 0 aliphatic rings. The lowest BCUT2D eigenvalue weighted by atomic mass is 10.1. The summed E-state index contributed by atoms with van der Waals surface area (Å²) in [5.74, 6) is 0.739. The van der Waals surface area contributed by atoms with E-state index in [0.29, 0.717) is 16.9 Å². The Bertz CT molecular complexity index is 536. The molecule has 2 rings (SSSR count). The van der Waals surface area contributed by atoms with Crippen molar-refractivity contribution in [3.05, 3.63) is 18.3 Å². The molecule has 1 aromatic carbocycles. The van der Waals surface area contributed by atoms with Crippen LogP contribution in [0.1, 0.15) is 0 Å². The second-order valence-electron chi connectivity index (χ2n) is 3.30. The lowest BCUT2D eigenvalue weighted by Crippen LogP contribution is -1.93. The molecule has 1 heterocycles. The van der Waals surface area contributed by atoms with E-state index >= 15 is 0 Å². The van der Waals surface area contributed by atoms with Gasteiger partial charge < -0.3 is 24.8 Å². The summed E-state index contributed by atoms with van der Waals surface area (Å²) >= 11 is 0. The number of rotatable bonds is 3. The normalized spacial score (nSPS) is 10.2. The van der Waals surface area contributed by atoms with Crippen molar-refractivity contribution in [1.29, 1.82) is 0 Å². The smallest absolute Gasteiger partial charge is 0.230 e. The zero-order valence-electron chi connectivity index (χ0n) is 9.43. The monoisotopic (exact) mass is 236 g/mol. The quantitative estimate of drug-likeness (QED) is 0.841. The molecular formula is C11H12N2O4. The number of phenolic OH excluding ortho intramolecular Hbond substituents is 1. The summed E-state index contributed by atoms with van der Waals surface area (Å²) in [6.07, 6.45) is 1.43. The van der Waals surface area contributed by atoms with Gasteiger partial charge in [0.2, 0.25) is 11.6 Å². The number of methoxy groups -OCH3 is 2. The van der Waals surface area contributed by atoms with Crippen molar-refractivity contribution in [2.45, 2.75) is 0 Å². The fourth-order valence-electron chi connectivity index (χ4n) is 1.58. The van der Waals surface area contributed by atoms with Gasteiger partial charge in [-0.3, -0.25) is 0 Å². The Morgan fingerprint density at radius 1 is 1.24 bits per heavy atom. The molecule has 17 heavy (non-hydrogen) atoms. The van der Waals surface area contributed by atoms with Gasteiger partial charge in [-0.25, -0.2) is 0 Å². The summed E-state index contributed by atoms with van der Waals surface area (Å²) in [6, 6.07) is 3.32. The lowest BCUT2D eigenvalue weighted by Gasteiger charge is -2.11. The Morgan fingerprint density at radius 3 is 2.53 bits per heavy atom. The van der Waals surface area contributed by atoms with Crippen molar-refractivity contribution in [1.82, 2.24) is 5.16 Å². The van der Waals surface area contributed by atoms with Crippen molar-refractivity contribution in [3.63, 3.8) is 0 Å². The number of aromatic nitrogens is 1. The molecule has 0 saturated heterocycles. The molecule has 1 aromatic heterocycles. The number of nitrogen functional groups attached to an aromatic ring is 1. The predicted octanol–water partition coefficient (Wildman–Crippen LogP) is 1.65. The highest BCUT2D eigenvalue weighted by atomic mass is 16.5. The van der Waals surface area contributed by atoms with E-state index in [-0.39, 0.29) is 17.4 Å². The third-order valence-electron chi connectivity index (χ3n) is 2.41. The van der Waals surface area contributed by atoms with Gasteiger partial charge in [-0.2, -0.15) is 0 Å². The Morgan fingerprint density at radius 2 is 2.00 bits per heavy atom. The van der Waals surface area contributed by atoms with E-state index in [2.05, 4.69) is 5.16 Å². The SMILES string of the molecule is COc1ccc(-c2cnoc2N)c(O)c1OC. The minimum absolute atomic E-state index is 0.0678. The highest BCUT2D eigenvalue weighted by Gasteiger charge is 2.18. The number of nitrogens with zero attached hydrogens (tertiary/aromatic N) is 1. The van der Waals surface area contributed by atoms with Crippen molar-refractivity contribution in [2.75, 3.05) is 20.0 Å². The number of nitrogens with two attached hydrogens (primary N) is 1. The first-order valence-electron chi connectivity index (χ1n) is 4.83. The summed E-state index contributed by atoms with van der Waals surface area (Å²) in [5.41, 5.74) is 6.57. The van der Waals surface area contributed by atoms with Crippen LogP contribution < -0.4 is 15.2 Å². The molecule has 0 fully saturated rings. The molecule has 0 saturated carbocycles. The Kier molecular flexibility index (Phi) is 2.78. The van der Waals surface area contributed by atoms with Crippen LogP contribution in [-0.4, -0.2) is 24.5 Å². The van der Waals surface area contributed by atoms with Crippen molar-refractivity contribution in [3.8, 4) is 28.4 Å². The number of benzene rings is 1. The molecule has 6 nitrogen and oxygen atoms in total. The van der Waals surface area contributed by atoms with E-state index in [1.807, 2.05) is 0 Å². The topological polar surface area (TPSA) is 90.7 Å². The molecule has 0 spiro atoms. The second kappa shape index (κ2) is 4.25. The molecule has 3 N–H and O–H groups in total. The zero-order chi connectivity index (χ0) is 12.4. The summed E-state index contributed by atoms with van der Waals surface area (Å²) in [5, 5.41) is 13.6. The van der Waals surface area contributed by atoms with Gasteiger partial charge in [0.1, 0.15) is 0 Å². The van der Waals surface area contributed by atoms with Gasteiger partial charge in [-0.15, -0.1) is 0 Å². The van der Waals surface area contributed by atoms with Crippen LogP contribution in [0.4, 0.5) is 5.88 Å². The van der Waals surface area contributed by atoms with Gasteiger partial charge in [-0.1, -0.05) is 5.16 Å². The molecule has 0 unspecified atom stereocenters. The zero-order valence-corrected chi connectivity index (χ0v) is 9.43. The maximum absolute atomic E-state index is 10.1. The van der Waals surface area contributed by atoms with Gasteiger partial charge in [0.25, 0.3) is 0 Å². The number of ether oxygens (including phenoxy) is 2. The van der Waals surface area contributed by atoms with Crippen LogP contribution >= 0.6 is 0 Å². The average molecular weight is 236 g/mol. The van der Waals surface area contributed by atoms with Crippen LogP contribution in [0.25, 0.3) is 11.1 Å². The van der Waals surface area contributed by atoms with E-state index in [1.54, 1.807) is 12.1 Å². The van der Waals surface area contributed by atoms with Gasteiger partial charge in [0, 0.05) is 5.56 Å². The number of hydrogen-bond acceptors (Lipinski definition) is 6. The molecule has 0 radical (unpaired) electrons. The van der Waals surface area contributed by atoms with Crippen LogP contribution in [0, 0.1) is 0 Å². The van der Waals surface area contributed by atoms with Gasteiger partial charge in [0.15, 0.2) is 11.5 Å². The fraction of sp³-hybridized carbons (Fsp3) is 0.182. The van der Waals surface area contributed by atoms with Crippen molar-refractivity contribution >= 4 is 5.88 Å². The first-order chi connectivity index (χ1) is 8.19. The lowest BCUT2D eigenvalue weighted by molar-refractivity contribution is 0.334. The van der Waals surface area contributed by atoms with Crippen LogP contribution in [0.3, 0.4) is 0 Å². The second-order valence-corrected chi connectivity index (χ2v) is 3.30. The fourth-order valence-corrected chi connectivity index (χ4v) is 1.58. The summed E-state index contributed by atoms with van der Waals surface area (Å²) < 4.78 is 14.9. The standard InChI is InChI=1S/C11H12N2O4/c1-15-8-4-3-6(9(14)10(8)16-2)7-5-13-17-11(7)12/h3-5,14H,12H2,1-2H3. The first kappa shape index (κ1) is 11.1. The molecular weight excluding hydrogens is 224 g/mol. The Hall–Kier alpha value is -2.37. The predicted molar refractivity (Wildman–Crippen MR) is 61.1 cm³/mol. The van der Waals surface area contributed by atoms with Gasteiger partial charge in [-0.05, 0) is 12.1 Å². The van der Waals surface area contributed by atoms with Crippen LogP contribution in [-0.2, 0) is 0 Å². The number of hydrogen-bond donors (Lipinski definition) is 2. The average Bonchev–Trinajstić information content (AvgIpc) is 2.75. The Balaban J connectivity index is 2.61. The third-order valence-corrected chi connectivity index (χ3v) is 2.41. The van der Waals surface area contributed by atoms with Gasteiger partial charge in [0.05, 0.1) is 26.0 Å². The highest BCUT2D eigenvalue weighted by Crippen LogP contribution is 2.44. The molecule has 0 amide bonds. The molecule has 0 aliphatic heterocycles. The third kappa shape index (κ3) is 1.73. The van der Waals surface area contributed by atoms with Crippen LogP contribution in [0.2, 0.25) is 0 Å². The summed E-state index contributed by atoms with van der Waals surface area (Å²) in [6.45, 7) is 0. The summed E-state index contributed by atoms with van der Waals surface area (Å²) in [4.78, 5) is 0. The molecule has 0 aliphatic carbocycles. The van der Waals surface area contributed by atoms with E-state index < -0.39 is 0 Å². The van der Waals surface area contributed by atoms with Crippen molar-refractivity contribution < 1.29 is 19.1 Å². The van der Waals surface area contributed by atoms with Crippen LogP contribution in [0.5, 0.6) is 17.2 Å². The minimum atomic E-state index is -0.0678. The molecule has 90 valence electrons. The van der Waals surface area contributed by atoms with E-state index in [0.717, 1.165) is 0 Å². The molecule has 6 heteroatoms. The largest absolute Gasteiger partial charge is 0.504 e. The van der Waals surface area contributed by atoms with Crippen LogP contribution in [0.15, 0.2) is 22.9 Å². The van der Waals surface area contributed by atoms with E-state index in [9.17, 15) is 5.11 Å². The molecule has 0 bridgehead atoms. The minimum Gasteiger partial charge on any atom is -0.504 e. The molecule has 2 aromatic rings. The van der Waals surface area contributed by atoms with E-state index in [1.165, 1.54) is 20.4 Å².